The average molecular weight is 286 g/mol. The zero-order valence-electron chi connectivity index (χ0n) is 11.6. The van der Waals surface area contributed by atoms with Crippen LogP contribution >= 0.6 is 11.8 Å². The third kappa shape index (κ3) is 3.33. The van der Waals surface area contributed by atoms with Gasteiger partial charge in [0.15, 0.2) is 0 Å². The maximum atomic E-state index is 12.3. The number of benzene rings is 2. The van der Waals surface area contributed by atoms with E-state index in [9.17, 15) is 4.79 Å². The van der Waals surface area contributed by atoms with Crippen molar-refractivity contribution in [2.24, 2.45) is 0 Å². The lowest BCUT2D eigenvalue weighted by Gasteiger charge is -2.11. The minimum atomic E-state index is -0.171. The molecule has 0 bridgehead atoms. The Bertz CT molecular complexity index is 626. The summed E-state index contributed by atoms with van der Waals surface area (Å²) in [6.07, 6.45) is 0. The molecule has 0 unspecified atom stereocenters. The van der Waals surface area contributed by atoms with Gasteiger partial charge in [-0.3, -0.25) is 4.79 Å². The Morgan fingerprint density at radius 1 is 1.25 bits per heavy atom. The number of thioether (sulfide) groups is 1. The van der Waals surface area contributed by atoms with Crippen molar-refractivity contribution in [1.82, 2.24) is 0 Å². The summed E-state index contributed by atoms with van der Waals surface area (Å²) in [5, 5.41) is 2.94. The number of nitrogen functional groups attached to an aromatic ring is 1. The second-order valence-corrected chi connectivity index (χ2v) is 5.78. The topological polar surface area (TPSA) is 55.1 Å². The highest BCUT2D eigenvalue weighted by atomic mass is 32.2. The molecule has 3 nitrogen and oxygen atoms in total. The van der Waals surface area contributed by atoms with Crippen molar-refractivity contribution in [3.05, 3.63) is 53.6 Å². The molecule has 0 saturated carbocycles. The van der Waals surface area contributed by atoms with Crippen LogP contribution in [-0.2, 0) is 0 Å². The van der Waals surface area contributed by atoms with Crippen LogP contribution < -0.4 is 11.1 Å². The molecule has 0 aliphatic rings. The zero-order chi connectivity index (χ0) is 14.5. The van der Waals surface area contributed by atoms with Gasteiger partial charge in [0.25, 0.3) is 5.91 Å². The molecular formula is C16H18N2OS. The molecule has 0 atom stereocenters. The molecular weight excluding hydrogens is 268 g/mol. The van der Waals surface area contributed by atoms with Crippen molar-refractivity contribution in [3.63, 3.8) is 0 Å². The predicted molar refractivity (Wildman–Crippen MR) is 86.4 cm³/mol. The first kappa shape index (κ1) is 14.5. The number of para-hydroxylation sites is 1. The fraction of sp³-hybridized carbons (Fsp3) is 0.188. The fourth-order valence-electron chi connectivity index (χ4n) is 1.91. The Kier molecular flexibility index (Phi) is 4.69. The summed E-state index contributed by atoms with van der Waals surface area (Å²) >= 11 is 1.70. The largest absolute Gasteiger partial charge is 0.398 e. The van der Waals surface area contributed by atoms with E-state index < -0.39 is 0 Å². The van der Waals surface area contributed by atoms with Crippen LogP contribution in [0, 0.1) is 6.92 Å². The van der Waals surface area contributed by atoms with E-state index in [1.165, 1.54) is 0 Å². The quantitative estimate of drug-likeness (QED) is 0.661. The number of anilines is 2. The lowest BCUT2D eigenvalue weighted by atomic mass is 10.1. The van der Waals surface area contributed by atoms with E-state index in [-0.39, 0.29) is 5.91 Å². The summed E-state index contributed by atoms with van der Waals surface area (Å²) in [7, 11) is 0. The number of nitrogens with two attached hydrogens (primary N) is 1. The third-order valence-corrected chi connectivity index (χ3v) is 3.84. The first-order valence-electron chi connectivity index (χ1n) is 6.51. The van der Waals surface area contributed by atoms with Gasteiger partial charge in [0, 0.05) is 10.6 Å². The lowest BCUT2D eigenvalue weighted by Crippen LogP contribution is -2.14. The van der Waals surface area contributed by atoms with Gasteiger partial charge in [-0.15, -0.1) is 11.8 Å². The van der Waals surface area contributed by atoms with E-state index in [0.29, 0.717) is 11.3 Å². The molecule has 0 fully saturated rings. The number of amides is 1. The van der Waals surface area contributed by atoms with Crippen molar-refractivity contribution in [2.45, 2.75) is 18.7 Å². The highest BCUT2D eigenvalue weighted by Crippen LogP contribution is 2.27. The summed E-state index contributed by atoms with van der Waals surface area (Å²) in [4.78, 5) is 13.4. The van der Waals surface area contributed by atoms with Crippen LogP contribution in [-0.4, -0.2) is 11.7 Å². The van der Waals surface area contributed by atoms with Crippen LogP contribution in [0.5, 0.6) is 0 Å². The first-order valence-corrected chi connectivity index (χ1v) is 7.49. The molecule has 2 rings (SSSR count). The van der Waals surface area contributed by atoms with Crippen LogP contribution in [0.1, 0.15) is 22.8 Å². The second-order valence-electron chi connectivity index (χ2n) is 4.47. The maximum Gasteiger partial charge on any atom is 0.257 e. The summed E-state index contributed by atoms with van der Waals surface area (Å²) in [5.74, 6) is 0.787. The Morgan fingerprint density at radius 3 is 2.75 bits per heavy atom. The molecule has 0 aliphatic heterocycles. The number of carbonyl (C=O) groups excluding carboxylic acids is 1. The molecule has 0 spiro atoms. The van der Waals surface area contributed by atoms with Gasteiger partial charge in [-0.25, -0.2) is 0 Å². The standard InChI is InChI=1S/C16H18N2OS/c1-3-20-15-7-5-4-6-14(15)18-16(19)12-10-11(2)8-9-13(12)17/h4-10H,3,17H2,1-2H3,(H,18,19). The van der Waals surface area contributed by atoms with Gasteiger partial charge in [-0.05, 0) is 36.9 Å². The number of carbonyl (C=O) groups is 1. The zero-order valence-corrected chi connectivity index (χ0v) is 12.5. The number of rotatable bonds is 4. The Hall–Kier alpha value is -1.94. The summed E-state index contributed by atoms with van der Waals surface area (Å²) < 4.78 is 0. The Labute approximate surface area is 123 Å². The van der Waals surface area contributed by atoms with E-state index in [0.717, 1.165) is 21.9 Å². The maximum absolute atomic E-state index is 12.3. The fourth-order valence-corrected chi connectivity index (χ4v) is 2.67. The van der Waals surface area contributed by atoms with Crippen molar-refractivity contribution < 1.29 is 4.79 Å². The smallest absolute Gasteiger partial charge is 0.257 e. The van der Waals surface area contributed by atoms with Gasteiger partial charge >= 0.3 is 0 Å². The minimum Gasteiger partial charge on any atom is -0.398 e. The van der Waals surface area contributed by atoms with Gasteiger partial charge < -0.3 is 11.1 Å². The van der Waals surface area contributed by atoms with Crippen molar-refractivity contribution in [3.8, 4) is 0 Å². The summed E-state index contributed by atoms with van der Waals surface area (Å²) in [6, 6.07) is 13.2. The van der Waals surface area contributed by atoms with Crippen LogP contribution in [0.3, 0.4) is 0 Å². The Morgan fingerprint density at radius 2 is 2.00 bits per heavy atom. The summed E-state index contributed by atoms with van der Waals surface area (Å²) in [6.45, 7) is 4.03. The Balaban J connectivity index is 2.26. The molecule has 4 heteroatoms. The van der Waals surface area contributed by atoms with Crippen LogP contribution in [0.25, 0.3) is 0 Å². The molecule has 0 aliphatic carbocycles. The van der Waals surface area contributed by atoms with Gasteiger partial charge in [0.2, 0.25) is 0 Å². The molecule has 104 valence electrons. The van der Waals surface area contributed by atoms with E-state index in [2.05, 4.69) is 12.2 Å². The number of nitrogens with one attached hydrogen (secondary N) is 1. The molecule has 2 aromatic rings. The number of aryl methyl sites for hydroxylation is 1. The summed E-state index contributed by atoms with van der Waals surface area (Å²) in [5.41, 5.74) is 8.72. The van der Waals surface area contributed by atoms with E-state index in [1.807, 2.05) is 37.3 Å². The molecule has 0 aromatic heterocycles. The number of hydrogen-bond acceptors (Lipinski definition) is 3. The molecule has 0 radical (unpaired) electrons. The van der Waals surface area contributed by atoms with Crippen LogP contribution in [0.2, 0.25) is 0 Å². The molecule has 2 aromatic carbocycles. The highest BCUT2D eigenvalue weighted by Gasteiger charge is 2.12. The van der Waals surface area contributed by atoms with Gasteiger partial charge in [-0.1, -0.05) is 30.7 Å². The van der Waals surface area contributed by atoms with Crippen molar-refractivity contribution >= 4 is 29.0 Å². The van der Waals surface area contributed by atoms with E-state index in [4.69, 9.17) is 5.73 Å². The monoisotopic (exact) mass is 286 g/mol. The molecule has 20 heavy (non-hydrogen) atoms. The first-order chi connectivity index (χ1) is 9.61. The van der Waals surface area contributed by atoms with E-state index in [1.54, 1.807) is 23.9 Å². The third-order valence-electron chi connectivity index (χ3n) is 2.89. The molecule has 0 heterocycles. The lowest BCUT2D eigenvalue weighted by molar-refractivity contribution is 0.102. The molecule has 0 saturated heterocycles. The van der Waals surface area contributed by atoms with Crippen LogP contribution in [0.15, 0.2) is 47.4 Å². The highest BCUT2D eigenvalue weighted by molar-refractivity contribution is 7.99. The number of hydrogen-bond donors (Lipinski definition) is 2. The van der Waals surface area contributed by atoms with Crippen molar-refractivity contribution in [1.29, 1.82) is 0 Å². The average Bonchev–Trinajstić information content (AvgIpc) is 2.44. The van der Waals surface area contributed by atoms with Gasteiger partial charge in [0.05, 0.1) is 11.3 Å². The second kappa shape index (κ2) is 6.48. The van der Waals surface area contributed by atoms with Crippen molar-refractivity contribution in [2.75, 3.05) is 16.8 Å². The van der Waals surface area contributed by atoms with Gasteiger partial charge in [0.1, 0.15) is 0 Å². The molecule has 1 amide bonds. The SMILES string of the molecule is CCSc1ccccc1NC(=O)c1cc(C)ccc1N. The normalized spacial score (nSPS) is 10.3. The molecule has 3 N–H and O–H groups in total. The predicted octanol–water partition coefficient (Wildman–Crippen LogP) is 3.94. The van der Waals surface area contributed by atoms with E-state index >= 15 is 0 Å². The minimum absolute atomic E-state index is 0.171. The van der Waals surface area contributed by atoms with Crippen LogP contribution in [0.4, 0.5) is 11.4 Å². The van der Waals surface area contributed by atoms with Gasteiger partial charge in [-0.2, -0.15) is 0 Å².